The fraction of sp³-hybridized carbons (Fsp3) is 0.174. The predicted octanol–water partition coefficient (Wildman–Crippen LogP) is 4.44. The predicted molar refractivity (Wildman–Crippen MR) is 109 cm³/mol. The first-order chi connectivity index (χ1) is 14.4. The van der Waals surface area contributed by atoms with Gasteiger partial charge in [-0.2, -0.15) is 0 Å². The molecule has 3 aromatic rings. The third-order valence-electron chi connectivity index (χ3n) is 4.33. The van der Waals surface area contributed by atoms with Crippen molar-refractivity contribution in [1.29, 1.82) is 0 Å². The molecule has 7 heteroatoms. The van der Waals surface area contributed by atoms with Crippen LogP contribution in [0.15, 0.2) is 72.9 Å². The van der Waals surface area contributed by atoms with Gasteiger partial charge in [0.1, 0.15) is 17.1 Å². The number of aromatic nitrogens is 1. The molecule has 2 unspecified atom stereocenters. The number of rotatable bonds is 7. The molecule has 1 N–H and O–H groups in total. The summed E-state index contributed by atoms with van der Waals surface area (Å²) in [7, 11) is 0. The van der Waals surface area contributed by atoms with Gasteiger partial charge in [-0.15, -0.1) is 0 Å². The number of hydrogen-bond donors (Lipinski definition) is 1. The molecule has 0 aliphatic heterocycles. The summed E-state index contributed by atoms with van der Waals surface area (Å²) in [5, 5.41) is 2.74. The molecule has 2 atom stereocenters. The van der Waals surface area contributed by atoms with Gasteiger partial charge < -0.3 is 14.8 Å². The van der Waals surface area contributed by atoms with E-state index >= 15 is 0 Å². The van der Waals surface area contributed by atoms with Crippen LogP contribution in [0.1, 0.15) is 35.8 Å². The Morgan fingerprint density at radius 2 is 1.67 bits per heavy atom. The number of amides is 1. The van der Waals surface area contributed by atoms with E-state index in [9.17, 15) is 14.0 Å². The van der Waals surface area contributed by atoms with Crippen molar-refractivity contribution in [3.05, 3.63) is 89.9 Å². The summed E-state index contributed by atoms with van der Waals surface area (Å²) < 4.78 is 24.0. The zero-order chi connectivity index (χ0) is 21.5. The maximum atomic E-state index is 13.1. The van der Waals surface area contributed by atoms with Crippen LogP contribution in [0.5, 0.6) is 11.6 Å². The largest absolute Gasteiger partial charge is 0.449 e. The lowest BCUT2D eigenvalue weighted by Gasteiger charge is -2.18. The highest BCUT2D eigenvalue weighted by atomic mass is 19.1. The molecule has 154 valence electrons. The summed E-state index contributed by atoms with van der Waals surface area (Å²) in [5.41, 5.74) is 0.835. The van der Waals surface area contributed by atoms with Crippen molar-refractivity contribution in [1.82, 2.24) is 10.3 Å². The highest BCUT2D eigenvalue weighted by molar-refractivity contribution is 5.94. The van der Waals surface area contributed by atoms with Gasteiger partial charge in [0.05, 0.1) is 6.04 Å². The fourth-order valence-electron chi connectivity index (χ4n) is 2.67. The third-order valence-corrected chi connectivity index (χ3v) is 4.33. The Kier molecular flexibility index (Phi) is 6.75. The van der Waals surface area contributed by atoms with Gasteiger partial charge in [-0.3, -0.25) is 4.79 Å². The lowest BCUT2D eigenvalue weighted by molar-refractivity contribution is -0.129. The molecule has 0 saturated carbocycles. The first-order valence-electron chi connectivity index (χ1n) is 9.39. The van der Waals surface area contributed by atoms with Crippen LogP contribution < -0.4 is 10.1 Å². The highest BCUT2D eigenvalue weighted by Gasteiger charge is 2.23. The highest BCUT2D eigenvalue weighted by Crippen LogP contribution is 2.23. The average molecular weight is 408 g/mol. The summed E-state index contributed by atoms with van der Waals surface area (Å²) >= 11 is 0. The van der Waals surface area contributed by atoms with Crippen LogP contribution in [0.4, 0.5) is 4.39 Å². The van der Waals surface area contributed by atoms with Crippen LogP contribution in [0, 0.1) is 5.82 Å². The SMILES string of the molecule is CC(OC(=O)c1cccnc1Oc1ccccc1)C(=O)NC(C)c1ccc(F)cc1. The number of carbonyl (C=O) groups is 2. The smallest absolute Gasteiger partial charge is 0.344 e. The number of pyridine rings is 1. The molecule has 3 rings (SSSR count). The number of esters is 1. The summed E-state index contributed by atoms with van der Waals surface area (Å²) in [6.07, 6.45) is 0.445. The fourth-order valence-corrected chi connectivity index (χ4v) is 2.67. The third kappa shape index (κ3) is 5.41. The topological polar surface area (TPSA) is 77.5 Å². The molecule has 0 radical (unpaired) electrons. The molecule has 0 spiro atoms. The normalized spacial score (nSPS) is 12.5. The Balaban J connectivity index is 1.64. The van der Waals surface area contributed by atoms with E-state index < -0.39 is 18.0 Å². The van der Waals surface area contributed by atoms with Crippen LogP contribution in [-0.4, -0.2) is 23.0 Å². The number of carbonyl (C=O) groups excluding carboxylic acids is 2. The molecular weight excluding hydrogens is 387 g/mol. The molecule has 0 bridgehead atoms. The van der Waals surface area contributed by atoms with Gasteiger partial charge in [-0.1, -0.05) is 30.3 Å². The van der Waals surface area contributed by atoms with Gasteiger partial charge in [0.15, 0.2) is 6.10 Å². The van der Waals surface area contributed by atoms with Crippen LogP contribution in [0.3, 0.4) is 0 Å². The van der Waals surface area contributed by atoms with Crippen LogP contribution in [0.2, 0.25) is 0 Å². The Labute approximate surface area is 173 Å². The number of benzene rings is 2. The van der Waals surface area contributed by atoms with E-state index in [1.807, 2.05) is 6.07 Å². The lowest BCUT2D eigenvalue weighted by atomic mass is 10.1. The first-order valence-corrected chi connectivity index (χ1v) is 9.39. The van der Waals surface area contributed by atoms with Crippen LogP contribution >= 0.6 is 0 Å². The van der Waals surface area contributed by atoms with Gasteiger partial charge in [0, 0.05) is 6.20 Å². The molecule has 0 aliphatic carbocycles. The van der Waals surface area contributed by atoms with Crippen molar-refractivity contribution in [2.45, 2.75) is 26.0 Å². The molecular formula is C23H21FN2O4. The van der Waals surface area contributed by atoms with Crippen molar-refractivity contribution in [2.24, 2.45) is 0 Å². The second kappa shape index (κ2) is 9.65. The molecule has 30 heavy (non-hydrogen) atoms. The number of hydrogen-bond acceptors (Lipinski definition) is 5. The van der Waals surface area contributed by atoms with E-state index in [0.717, 1.165) is 5.56 Å². The number of nitrogens with zero attached hydrogens (tertiary/aromatic N) is 1. The first kappa shape index (κ1) is 21.0. The van der Waals surface area contributed by atoms with Gasteiger partial charge in [-0.25, -0.2) is 14.2 Å². The Hall–Kier alpha value is -3.74. The summed E-state index contributed by atoms with van der Waals surface area (Å²) in [6.45, 7) is 3.23. The van der Waals surface area contributed by atoms with Crippen molar-refractivity contribution in [3.8, 4) is 11.6 Å². The van der Waals surface area contributed by atoms with Gasteiger partial charge in [-0.05, 0) is 55.8 Å². The van der Waals surface area contributed by atoms with Crippen molar-refractivity contribution >= 4 is 11.9 Å². The molecule has 1 aromatic heterocycles. The minimum Gasteiger partial charge on any atom is -0.449 e. The maximum Gasteiger partial charge on any atom is 0.344 e. The van der Waals surface area contributed by atoms with E-state index in [0.29, 0.717) is 5.75 Å². The zero-order valence-corrected chi connectivity index (χ0v) is 16.5. The van der Waals surface area contributed by atoms with Crippen LogP contribution in [0.25, 0.3) is 0 Å². The Bertz CT molecular complexity index is 1010. The van der Waals surface area contributed by atoms with Crippen LogP contribution in [-0.2, 0) is 9.53 Å². The maximum absolute atomic E-state index is 13.1. The van der Waals surface area contributed by atoms with E-state index in [2.05, 4.69) is 10.3 Å². The quantitative estimate of drug-likeness (QED) is 0.585. The van der Waals surface area contributed by atoms with Gasteiger partial charge in [0.25, 0.3) is 5.91 Å². The number of para-hydroxylation sites is 1. The number of halogens is 1. The summed E-state index contributed by atoms with van der Waals surface area (Å²) in [6, 6.07) is 17.4. The van der Waals surface area contributed by atoms with Crippen molar-refractivity contribution in [3.63, 3.8) is 0 Å². The monoisotopic (exact) mass is 408 g/mol. The summed E-state index contributed by atoms with van der Waals surface area (Å²) in [4.78, 5) is 29.1. The van der Waals surface area contributed by atoms with E-state index in [-0.39, 0.29) is 23.3 Å². The lowest BCUT2D eigenvalue weighted by Crippen LogP contribution is -2.37. The molecule has 6 nitrogen and oxygen atoms in total. The van der Waals surface area contributed by atoms with Crippen molar-refractivity contribution < 1.29 is 23.5 Å². The van der Waals surface area contributed by atoms with E-state index in [4.69, 9.17) is 9.47 Å². The standard InChI is InChI=1S/C23H21FN2O4/c1-15(17-10-12-18(24)13-11-17)26-21(27)16(2)29-23(28)20-9-6-14-25-22(20)30-19-7-4-3-5-8-19/h3-16H,1-2H3,(H,26,27). The van der Waals surface area contributed by atoms with E-state index in [1.54, 1.807) is 49.4 Å². The van der Waals surface area contributed by atoms with Crippen molar-refractivity contribution in [2.75, 3.05) is 0 Å². The molecule has 2 aromatic carbocycles. The molecule has 0 saturated heterocycles. The summed E-state index contributed by atoms with van der Waals surface area (Å²) in [5.74, 6) is -0.963. The second-order valence-electron chi connectivity index (χ2n) is 6.60. The average Bonchev–Trinajstić information content (AvgIpc) is 2.75. The minimum absolute atomic E-state index is 0.0842. The molecule has 0 aliphatic rings. The molecule has 1 amide bonds. The number of nitrogens with one attached hydrogen (secondary N) is 1. The van der Waals surface area contributed by atoms with E-state index in [1.165, 1.54) is 31.3 Å². The zero-order valence-electron chi connectivity index (χ0n) is 16.5. The van der Waals surface area contributed by atoms with Gasteiger partial charge >= 0.3 is 5.97 Å². The Morgan fingerprint density at radius 3 is 2.37 bits per heavy atom. The molecule has 1 heterocycles. The van der Waals surface area contributed by atoms with Gasteiger partial charge in [0.2, 0.25) is 5.88 Å². The minimum atomic E-state index is -1.05. The number of ether oxygens (including phenoxy) is 2. The molecule has 0 fully saturated rings. The second-order valence-corrected chi connectivity index (χ2v) is 6.60. The Morgan fingerprint density at radius 1 is 0.967 bits per heavy atom.